The molecular weight excluding hydrogens is 400 g/mol. The van der Waals surface area contributed by atoms with E-state index in [2.05, 4.69) is 0 Å². The summed E-state index contributed by atoms with van der Waals surface area (Å²) in [5.74, 6) is 1.34. The van der Waals surface area contributed by atoms with Crippen LogP contribution in [0.5, 0.6) is 11.5 Å². The fraction of sp³-hybridized carbons (Fsp3) is 0.240. The van der Waals surface area contributed by atoms with Crippen molar-refractivity contribution in [3.05, 3.63) is 83.4 Å². The molecule has 0 bridgehead atoms. The third kappa shape index (κ3) is 6.53. The first kappa shape index (κ1) is 21.7. The number of esters is 1. The molecule has 0 N–H and O–H groups in total. The molecule has 0 radical (unpaired) electrons. The molecule has 4 nitrogen and oxygen atoms in total. The van der Waals surface area contributed by atoms with Crippen molar-refractivity contribution in [1.29, 1.82) is 0 Å². The van der Waals surface area contributed by atoms with Gasteiger partial charge in [0, 0.05) is 17.0 Å². The van der Waals surface area contributed by atoms with Crippen molar-refractivity contribution in [2.24, 2.45) is 0 Å². The monoisotopic (exact) mass is 424 g/mol. The molecule has 0 amide bonds. The molecule has 0 aromatic heterocycles. The van der Waals surface area contributed by atoms with Gasteiger partial charge >= 0.3 is 5.97 Å². The van der Waals surface area contributed by atoms with E-state index in [0.717, 1.165) is 34.6 Å². The Bertz CT molecular complexity index is 939. The van der Waals surface area contributed by atoms with Crippen LogP contribution in [-0.2, 0) is 16.0 Å². The topological polar surface area (TPSA) is 44.8 Å². The predicted octanol–water partition coefficient (Wildman–Crippen LogP) is 5.96. The van der Waals surface area contributed by atoms with Crippen LogP contribution >= 0.6 is 11.6 Å². The zero-order valence-electron chi connectivity index (χ0n) is 17.0. The first-order valence-corrected chi connectivity index (χ1v) is 10.4. The minimum atomic E-state index is -0.222. The summed E-state index contributed by atoms with van der Waals surface area (Å²) in [6.45, 7) is 3.26. The van der Waals surface area contributed by atoms with Crippen molar-refractivity contribution in [1.82, 2.24) is 0 Å². The van der Waals surface area contributed by atoms with Crippen LogP contribution in [0.3, 0.4) is 0 Å². The summed E-state index contributed by atoms with van der Waals surface area (Å²) < 4.78 is 16.7. The van der Waals surface area contributed by atoms with Gasteiger partial charge in [-0.1, -0.05) is 54.1 Å². The molecule has 5 heteroatoms. The molecule has 156 valence electrons. The summed E-state index contributed by atoms with van der Waals surface area (Å²) >= 11 is 6.17. The number of halogens is 1. The van der Waals surface area contributed by atoms with Crippen LogP contribution < -0.4 is 9.47 Å². The molecule has 0 heterocycles. The van der Waals surface area contributed by atoms with Gasteiger partial charge in [-0.3, -0.25) is 4.79 Å². The van der Waals surface area contributed by atoms with E-state index < -0.39 is 0 Å². The molecule has 0 aliphatic rings. The molecule has 0 fully saturated rings. The number of ether oxygens (including phenoxy) is 3. The number of hydrogen-bond acceptors (Lipinski definition) is 4. The average Bonchev–Trinajstić information content (AvgIpc) is 2.76. The lowest BCUT2D eigenvalue weighted by Crippen LogP contribution is -2.07. The highest BCUT2D eigenvalue weighted by atomic mass is 35.5. The molecule has 3 rings (SSSR count). The van der Waals surface area contributed by atoms with E-state index in [1.165, 1.54) is 0 Å². The normalized spacial score (nSPS) is 10.5. The molecule has 0 unspecified atom stereocenters. The van der Waals surface area contributed by atoms with Crippen molar-refractivity contribution in [2.75, 3.05) is 19.8 Å². The van der Waals surface area contributed by atoms with Crippen molar-refractivity contribution in [3.8, 4) is 22.6 Å². The number of carbonyl (C=O) groups is 1. The first-order chi connectivity index (χ1) is 14.7. The highest BCUT2D eigenvalue weighted by Crippen LogP contribution is 2.32. The van der Waals surface area contributed by atoms with Gasteiger partial charge in [0.25, 0.3) is 0 Å². The zero-order valence-corrected chi connectivity index (χ0v) is 17.7. The minimum absolute atomic E-state index is 0.222. The lowest BCUT2D eigenvalue weighted by molar-refractivity contribution is -0.142. The molecule has 3 aromatic rings. The largest absolute Gasteiger partial charge is 0.493 e. The summed E-state index contributed by atoms with van der Waals surface area (Å²) in [5, 5.41) is 0.677. The number of benzene rings is 3. The van der Waals surface area contributed by atoms with Gasteiger partial charge in [-0.25, -0.2) is 0 Å². The van der Waals surface area contributed by atoms with Crippen LogP contribution in [0, 0.1) is 0 Å². The smallest absolute Gasteiger partial charge is 0.310 e. The maximum absolute atomic E-state index is 11.5. The van der Waals surface area contributed by atoms with Gasteiger partial charge in [-0.05, 0) is 48.4 Å². The Morgan fingerprint density at radius 1 is 0.900 bits per heavy atom. The fourth-order valence-corrected chi connectivity index (χ4v) is 3.16. The highest BCUT2D eigenvalue weighted by molar-refractivity contribution is 6.31. The maximum Gasteiger partial charge on any atom is 0.310 e. The van der Waals surface area contributed by atoms with Crippen LogP contribution in [0.25, 0.3) is 11.1 Å². The third-order valence-corrected chi connectivity index (χ3v) is 4.65. The molecule has 0 aliphatic heterocycles. The standard InChI is InChI=1S/C25H25ClO4/c1-2-28-25(27)17-19-9-12-22(13-10-19)29-15-6-16-30-24-14-11-21(26)18-23(24)20-7-4-3-5-8-20/h3-5,7-14,18H,2,6,15-17H2,1H3. The molecule has 30 heavy (non-hydrogen) atoms. The van der Waals surface area contributed by atoms with Crippen LogP contribution in [-0.4, -0.2) is 25.8 Å². The number of hydrogen-bond donors (Lipinski definition) is 0. The molecule has 0 saturated heterocycles. The quantitative estimate of drug-likeness (QED) is 0.297. The summed E-state index contributed by atoms with van der Waals surface area (Å²) in [6, 6.07) is 23.2. The van der Waals surface area contributed by atoms with Gasteiger partial charge in [0.05, 0.1) is 26.2 Å². The Kier molecular flexibility index (Phi) is 8.16. The minimum Gasteiger partial charge on any atom is -0.493 e. The lowest BCUT2D eigenvalue weighted by Gasteiger charge is -2.13. The maximum atomic E-state index is 11.5. The van der Waals surface area contributed by atoms with Crippen LogP contribution in [0.15, 0.2) is 72.8 Å². The van der Waals surface area contributed by atoms with Gasteiger partial charge in [-0.2, -0.15) is 0 Å². The van der Waals surface area contributed by atoms with E-state index in [1.54, 1.807) is 6.92 Å². The van der Waals surface area contributed by atoms with Crippen LogP contribution in [0.1, 0.15) is 18.9 Å². The molecule has 3 aromatic carbocycles. The van der Waals surface area contributed by atoms with Crippen molar-refractivity contribution in [2.45, 2.75) is 19.8 Å². The Morgan fingerprint density at radius 3 is 2.37 bits per heavy atom. The molecular formula is C25H25ClO4. The lowest BCUT2D eigenvalue weighted by atomic mass is 10.0. The number of carbonyl (C=O) groups excluding carboxylic acids is 1. The van der Waals surface area contributed by atoms with Gasteiger partial charge in [0.15, 0.2) is 0 Å². The molecule has 0 atom stereocenters. The van der Waals surface area contributed by atoms with Crippen molar-refractivity contribution >= 4 is 17.6 Å². The Hall–Kier alpha value is -2.98. The second kappa shape index (κ2) is 11.3. The molecule has 0 saturated carbocycles. The van der Waals surface area contributed by atoms with Crippen LogP contribution in [0.4, 0.5) is 0 Å². The average molecular weight is 425 g/mol. The SMILES string of the molecule is CCOC(=O)Cc1ccc(OCCCOc2ccc(Cl)cc2-c2ccccc2)cc1. The summed E-state index contributed by atoms with van der Waals surface area (Å²) in [5.41, 5.74) is 2.94. The second-order valence-electron chi connectivity index (χ2n) is 6.68. The third-order valence-electron chi connectivity index (χ3n) is 4.42. The summed E-state index contributed by atoms with van der Waals surface area (Å²) in [6.07, 6.45) is 1.01. The van der Waals surface area contributed by atoms with E-state index in [0.29, 0.717) is 24.8 Å². The van der Waals surface area contributed by atoms with Crippen molar-refractivity contribution in [3.63, 3.8) is 0 Å². The van der Waals surface area contributed by atoms with E-state index in [4.69, 9.17) is 25.8 Å². The van der Waals surface area contributed by atoms with Gasteiger partial charge in [0.2, 0.25) is 0 Å². The summed E-state index contributed by atoms with van der Waals surface area (Å²) in [4.78, 5) is 11.5. The Morgan fingerprint density at radius 2 is 1.63 bits per heavy atom. The van der Waals surface area contributed by atoms with Crippen LogP contribution in [0.2, 0.25) is 5.02 Å². The molecule has 0 spiro atoms. The molecule has 0 aliphatic carbocycles. The fourth-order valence-electron chi connectivity index (χ4n) is 2.98. The number of rotatable bonds is 10. The van der Waals surface area contributed by atoms with Gasteiger partial charge < -0.3 is 14.2 Å². The zero-order chi connectivity index (χ0) is 21.2. The summed E-state index contributed by atoms with van der Waals surface area (Å²) in [7, 11) is 0. The van der Waals surface area contributed by atoms with Gasteiger partial charge in [0.1, 0.15) is 11.5 Å². The first-order valence-electron chi connectivity index (χ1n) is 10.0. The predicted molar refractivity (Wildman–Crippen MR) is 119 cm³/mol. The van der Waals surface area contributed by atoms with E-state index >= 15 is 0 Å². The van der Waals surface area contributed by atoms with E-state index in [9.17, 15) is 4.79 Å². The Labute approximate surface area is 182 Å². The highest BCUT2D eigenvalue weighted by Gasteiger charge is 2.08. The second-order valence-corrected chi connectivity index (χ2v) is 7.12. The Balaban J connectivity index is 1.46. The van der Waals surface area contributed by atoms with E-state index in [1.807, 2.05) is 72.8 Å². The van der Waals surface area contributed by atoms with E-state index in [-0.39, 0.29) is 12.4 Å². The van der Waals surface area contributed by atoms with Crippen molar-refractivity contribution < 1.29 is 19.0 Å². The van der Waals surface area contributed by atoms with Gasteiger partial charge in [-0.15, -0.1) is 0 Å².